The zero-order chi connectivity index (χ0) is 9.52. The van der Waals surface area contributed by atoms with Crippen LogP contribution in [0.2, 0.25) is 5.02 Å². The van der Waals surface area contributed by atoms with Gasteiger partial charge in [-0.05, 0) is 30.3 Å². The third-order valence-electron chi connectivity index (χ3n) is 1.78. The number of hydrogen-bond donors (Lipinski definition) is 2. The minimum Gasteiger partial charge on any atom is -0.313 e. The van der Waals surface area contributed by atoms with Crippen molar-refractivity contribution in [3.63, 3.8) is 0 Å². The van der Waals surface area contributed by atoms with Crippen molar-refractivity contribution in [1.82, 2.24) is 5.32 Å². The van der Waals surface area contributed by atoms with Gasteiger partial charge in [-0.1, -0.05) is 29.8 Å². The van der Waals surface area contributed by atoms with Crippen LogP contribution in [0.1, 0.15) is 12.0 Å². The Morgan fingerprint density at radius 1 is 1.31 bits per heavy atom. The zero-order valence-corrected chi connectivity index (χ0v) is 9.11. The van der Waals surface area contributed by atoms with E-state index in [1.807, 2.05) is 24.3 Å². The summed E-state index contributed by atoms with van der Waals surface area (Å²) in [4.78, 5) is 0. The number of rotatable bonds is 5. The summed E-state index contributed by atoms with van der Waals surface area (Å²) in [7, 11) is 0. The number of hydrogen-bond acceptors (Lipinski definition) is 2. The lowest BCUT2D eigenvalue weighted by Gasteiger charge is -2.05. The Labute approximate surface area is 89.9 Å². The SMILES string of the molecule is SCCCNCc1ccccc1Cl. The van der Waals surface area contributed by atoms with Crippen LogP contribution in [0.5, 0.6) is 0 Å². The average molecular weight is 216 g/mol. The first-order valence-corrected chi connectivity index (χ1v) is 5.40. The van der Waals surface area contributed by atoms with Gasteiger partial charge in [-0.15, -0.1) is 0 Å². The maximum atomic E-state index is 5.98. The number of halogens is 1. The molecule has 1 aromatic carbocycles. The lowest BCUT2D eigenvalue weighted by molar-refractivity contribution is 0.679. The normalized spacial score (nSPS) is 10.3. The van der Waals surface area contributed by atoms with Gasteiger partial charge < -0.3 is 5.32 Å². The molecular weight excluding hydrogens is 202 g/mol. The van der Waals surface area contributed by atoms with Crippen LogP contribution in [0.15, 0.2) is 24.3 Å². The molecule has 0 heterocycles. The molecule has 0 spiro atoms. The molecule has 13 heavy (non-hydrogen) atoms. The number of benzene rings is 1. The Bertz CT molecular complexity index is 252. The molecule has 1 nitrogen and oxygen atoms in total. The summed E-state index contributed by atoms with van der Waals surface area (Å²) >= 11 is 10.1. The summed E-state index contributed by atoms with van der Waals surface area (Å²) < 4.78 is 0. The summed E-state index contributed by atoms with van der Waals surface area (Å²) in [5.41, 5.74) is 1.16. The lowest BCUT2D eigenvalue weighted by Crippen LogP contribution is -2.15. The first kappa shape index (κ1) is 10.9. The summed E-state index contributed by atoms with van der Waals surface area (Å²) in [6, 6.07) is 7.90. The quantitative estimate of drug-likeness (QED) is 0.569. The highest BCUT2D eigenvalue weighted by atomic mass is 35.5. The highest BCUT2D eigenvalue weighted by Crippen LogP contribution is 2.13. The van der Waals surface area contributed by atoms with Gasteiger partial charge in [0.25, 0.3) is 0 Å². The molecule has 0 bridgehead atoms. The third-order valence-corrected chi connectivity index (χ3v) is 2.47. The van der Waals surface area contributed by atoms with Crippen molar-refractivity contribution in [2.45, 2.75) is 13.0 Å². The summed E-state index contributed by atoms with van der Waals surface area (Å²) in [5.74, 6) is 0.926. The van der Waals surface area contributed by atoms with Gasteiger partial charge in [-0.25, -0.2) is 0 Å². The first-order valence-electron chi connectivity index (χ1n) is 4.39. The lowest BCUT2D eigenvalue weighted by atomic mass is 10.2. The molecule has 1 rings (SSSR count). The van der Waals surface area contributed by atoms with Gasteiger partial charge in [0, 0.05) is 11.6 Å². The Morgan fingerprint density at radius 2 is 2.08 bits per heavy atom. The molecule has 0 atom stereocenters. The minimum absolute atomic E-state index is 0.834. The van der Waals surface area contributed by atoms with E-state index in [0.717, 1.165) is 35.8 Å². The van der Waals surface area contributed by atoms with Crippen LogP contribution in [0.4, 0.5) is 0 Å². The molecule has 3 heteroatoms. The highest BCUT2D eigenvalue weighted by Gasteiger charge is 1.96. The second-order valence-electron chi connectivity index (χ2n) is 2.85. The average Bonchev–Trinajstić information content (AvgIpc) is 2.15. The van der Waals surface area contributed by atoms with E-state index in [4.69, 9.17) is 11.6 Å². The molecule has 0 aliphatic carbocycles. The largest absolute Gasteiger partial charge is 0.313 e. The maximum Gasteiger partial charge on any atom is 0.0450 e. The molecule has 72 valence electrons. The minimum atomic E-state index is 0.834. The topological polar surface area (TPSA) is 12.0 Å². The van der Waals surface area contributed by atoms with Crippen LogP contribution in [0.3, 0.4) is 0 Å². The monoisotopic (exact) mass is 215 g/mol. The van der Waals surface area contributed by atoms with Crippen molar-refractivity contribution in [1.29, 1.82) is 0 Å². The summed E-state index contributed by atoms with van der Waals surface area (Å²) in [6.45, 7) is 1.84. The van der Waals surface area contributed by atoms with Crippen molar-refractivity contribution in [3.05, 3.63) is 34.9 Å². The third kappa shape index (κ3) is 4.03. The van der Waals surface area contributed by atoms with Gasteiger partial charge >= 0.3 is 0 Å². The van der Waals surface area contributed by atoms with E-state index >= 15 is 0 Å². The van der Waals surface area contributed by atoms with Crippen molar-refractivity contribution in [2.24, 2.45) is 0 Å². The fourth-order valence-corrected chi connectivity index (χ4v) is 1.43. The predicted octanol–water partition coefficient (Wildman–Crippen LogP) is 2.75. The van der Waals surface area contributed by atoms with Crippen LogP contribution in [0.25, 0.3) is 0 Å². The molecule has 0 saturated heterocycles. The molecule has 0 unspecified atom stereocenters. The van der Waals surface area contributed by atoms with E-state index in [1.54, 1.807) is 0 Å². The van der Waals surface area contributed by atoms with Crippen molar-refractivity contribution in [3.8, 4) is 0 Å². The summed E-state index contributed by atoms with van der Waals surface area (Å²) in [6.07, 6.45) is 1.09. The molecular formula is C10H14ClNS. The van der Waals surface area contributed by atoms with Crippen molar-refractivity contribution in [2.75, 3.05) is 12.3 Å². The Balaban J connectivity index is 2.32. The molecule has 0 aromatic heterocycles. The van der Waals surface area contributed by atoms with Crippen LogP contribution in [-0.2, 0) is 6.54 Å². The van der Waals surface area contributed by atoms with Crippen LogP contribution in [0, 0.1) is 0 Å². The van der Waals surface area contributed by atoms with Crippen molar-refractivity contribution >= 4 is 24.2 Å². The maximum absolute atomic E-state index is 5.98. The number of nitrogens with one attached hydrogen (secondary N) is 1. The predicted molar refractivity (Wildman–Crippen MR) is 61.6 cm³/mol. The second-order valence-corrected chi connectivity index (χ2v) is 3.70. The van der Waals surface area contributed by atoms with E-state index in [2.05, 4.69) is 17.9 Å². The fourth-order valence-electron chi connectivity index (χ4n) is 1.07. The molecule has 0 fully saturated rings. The number of thiol groups is 1. The van der Waals surface area contributed by atoms with E-state index in [0.29, 0.717) is 0 Å². The van der Waals surface area contributed by atoms with E-state index in [-0.39, 0.29) is 0 Å². The molecule has 1 N–H and O–H groups in total. The van der Waals surface area contributed by atoms with Gasteiger partial charge in [0.05, 0.1) is 0 Å². The zero-order valence-electron chi connectivity index (χ0n) is 7.46. The molecule has 1 aromatic rings. The molecule has 0 radical (unpaired) electrons. The molecule has 0 saturated carbocycles. The molecule has 0 aliphatic heterocycles. The van der Waals surface area contributed by atoms with Gasteiger partial charge in [0.1, 0.15) is 0 Å². The highest BCUT2D eigenvalue weighted by molar-refractivity contribution is 7.80. The van der Waals surface area contributed by atoms with Gasteiger partial charge in [0.15, 0.2) is 0 Å². The fraction of sp³-hybridized carbons (Fsp3) is 0.400. The second kappa shape index (κ2) is 6.30. The van der Waals surface area contributed by atoms with E-state index in [9.17, 15) is 0 Å². The first-order chi connectivity index (χ1) is 6.34. The van der Waals surface area contributed by atoms with Crippen LogP contribution < -0.4 is 5.32 Å². The van der Waals surface area contributed by atoms with Gasteiger partial charge in [-0.3, -0.25) is 0 Å². The van der Waals surface area contributed by atoms with E-state index in [1.165, 1.54) is 0 Å². The van der Waals surface area contributed by atoms with Crippen LogP contribution >= 0.6 is 24.2 Å². The molecule has 0 amide bonds. The van der Waals surface area contributed by atoms with Gasteiger partial charge in [0.2, 0.25) is 0 Å². The Morgan fingerprint density at radius 3 is 2.77 bits per heavy atom. The smallest absolute Gasteiger partial charge is 0.0450 e. The van der Waals surface area contributed by atoms with Crippen LogP contribution in [-0.4, -0.2) is 12.3 Å². The summed E-state index contributed by atoms with van der Waals surface area (Å²) in [5, 5.41) is 4.14. The Hall–Kier alpha value is -0.180. The standard InChI is InChI=1S/C10H14ClNS/c11-10-5-2-1-4-9(10)8-12-6-3-7-13/h1-2,4-5,12-13H,3,6-8H2. The van der Waals surface area contributed by atoms with E-state index < -0.39 is 0 Å². The van der Waals surface area contributed by atoms with Gasteiger partial charge in [-0.2, -0.15) is 12.6 Å². The van der Waals surface area contributed by atoms with Crippen molar-refractivity contribution < 1.29 is 0 Å². The molecule has 0 aliphatic rings. The Kier molecular flexibility index (Phi) is 5.28.